The van der Waals surface area contributed by atoms with Crippen molar-refractivity contribution >= 4 is 11.6 Å². The van der Waals surface area contributed by atoms with Gasteiger partial charge in [-0.15, -0.1) is 0 Å². The summed E-state index contributed by atoms with van der Waals surface area (Å²) in [6.07, 6.45) is 2.88. The predicted molar refractivity (Wildman–Crippen MR) is 82.3 cm³/mol. The van der Waals surface area contributed by atoms with Crippen molar-refractivity contribution in [2.75, 3.05) is 36.5 Å². The lowest BCUT2D eigenvalue weighted by Gasteiger charge is -2.22. The second-order valence-corrected chi connectivity index (χ2v) is 5.43. The van der Waals surface area contributed by atoms with Crippen LogP contribution in [0, 0.1) is 12.8 Å². The molecule has 5 heteroatoms. The van der Waals surface area contributed by atoms with Crippen LogP contribution in [0.15, 0.2) is 0 Å². The molecule has 20 heavy (non-hydrogen) atoms. The third-order valence-electron chi connectivity index (χ3n) is 3.95. The molecule has 1 aromatic heterocycles. The molecule has 0 bridgehead atoms. The van der Waals surface area contributed by atoms with Crippen molar-refractivity contribution in [3.63, 3.8) is 0 Å². The molecule has 0 aliphatic carbocycles. The zero-order valence-corrected chi connectivity index (χ0v) is 12.8. The van der Waals surface area contributed by atoms with Crippen LogP contribution in [0.2, 0.25) is 0 Å². The van der Waals surface area contributed by atoms with Crippen LogP contribution < -0.4 is 10.2 Å². The summed E-state index contributed by atoms with van der Waals surface area (Å²) in [7, 11) is 0. The monoisotopic (exact) mass is 278 g/mol. The Kier molecular flexibility index (Phi) is 5.17. The molecule has 1 aliphatic rings. The number of aryl methyl sites for hydroxylation is 1. The number of nitrogens with zero attached hydrogens (tertiary/aromatic N) is 3. The molecule has 1 aromatic rings. The minimum Gasteiger partial charge on any atom is -0.396 e. The van der Waals surface area contributed by atoms with E-state index in [2.05, 4.69) is 36.0 Å². The fourth-order valence-corrected chi connectivity index (χ4v) is 2.80. The van der Waals surface area contributed by atoms with Crippen molar-refractivity contribution in [1.29, 1.82) is 0 Å². The molecule has 0 aromatic carbocycles. The van der Waals surface area contributed by atoms with Gasteiger partial charge in [-0.3, -0.25) is 0 Å². The number of aromatic nitrogens is 2. The Hall–Kier alpha value is -1.36. The molecule has 112 valence electrons. The summed E-state index contributed by atoms with van der Waals surface area (Å²) < 4.78 is 0. The standard InChI is InChI=1S/C15H26N4O/c1-4-13-17-14(16-5-2)11(3)15(18-13)19-8-6-12(10-19)7-9-20/h12,20H,4-10H2,1-3H3,(H,16,17,18). The molecule has 1 saturated heterocycles. The maximum Gasteiger partial charge on any atom is 0.137 e. The molecule has 0 spiro atoms. The van der Waals surface area contributed by atoms with E-state index in [0.29, 0.717) is 5.92 Å². The lowest BCUT2D eigenvalue weighted by Crippen LogP contribution is -2.23. The quantitative estimate of drug-likeness (QED) is 0.833. The lowest BCUT2D eigenvalue weighted by molar-refractivity contribution is 0.263. The second-order valence-electron chi connectivity index (χ2n) is 5.43. The molecule has 1 atom stereocenters. The van der Waals surface area contributed by atoms with Crippen LogP contribution in [-0.4, -0.2) is 41.3 Å². The van der Waals surface area contributed by atoms with Gasteiger partial charge in [0.25, 0.3) is 0 Å². The van der Waals surface area contributed by atoms with Gasteiger partial charge in [-0.25, -0.2) is 9.97 Å². The van der Waals surface area contributed by atoms with Gasteiger partial charge in [-0.1, -0.05) is 6.92 Å². The zero-order chi connectivity index (χ0) is 14.5. The Bertz CT molecular complexity index is 450. The van der Waals surface area contributed by atoms with E-state index in [1.807, 2.05) is 0 Å². The topological polar surface area (TPSA) is 61.3 Å². The number of hydrogen-bond acceptors (Lipinski definition) is 5. The van der Waals surface area contributed by atoms with E-state index in [1.165, 1.54) is 0 Å². The fourth-order valence-electron chi connectivity index (χ4n) is 2.80. The summed E-state index contributed by atoms with van der Waals surface area (Å²) in [5.41, 5.74) is 1.13. The zero-order valence-electron chi connectivity index (χ0n) is 12.8. The largest absolute Gasteiger partial charge is 0.396 e. The Morgan fingerprint density at radius 1 is 1.35 bits per heavy atom. The summed E-state index contributed by atoms with van der Waals surface area (Å²) in [4.78, 5) is 11.6. The van der Waals surface area contributed by atoms with Crippen molar-refractivity contribution < 1.29 is 5.11 Å². The first-order valence-electron chi connectivity index (χ1n) is 7.66. The first-order chi connectivity index (χ1) is 9.69. The minimum absolute atomic E-state index is 0.282. The Balaban J connectivity index is 2.24. The van der Waals surface area contributed by atoms with E-state index < -0.39 is 0 Å². The minimum atomic E-state index is 0.282. The van der Waals surface area contributed by atoms with E-state index in [4.69, 9.17) is 10.1 Å². The van der Waals surface area contributed by atoms with Gasteiger partial charge < -0.3 is 15.3 Å². The van der Waals surface area contributed by atoms with E-state index in [0.717, 1.165) is 61.9 Å². The number of hydrogen-bond donors (Lipinski definition) is 2. The molecule has 2 N–H and O–H groups in total. The molecule has 0 amide bonds. The molecule has 5 nitrogen and oxygen atoms in total. The van der Waals surface area contributed by atoms with Crippen LogP contribution >= 0.6 is 0 Å². The summed E-state index contributed by atoms with van der Waals surface area (Å²) in [5.74, 6) is 3.50. The average Bonchev–Trinajstić information content (AvgIpc) is 2.90. The van der Waals surface area contributed by atoms with Crippen LogP contribution in [-0.2, 0) is 6.42 Å². The van der Waals surface area contributed by atoms with Crippen LogP contribution in [0.25, 0.3) is 0 Å². The average molecular weight is 278 g/mol. The van der Waals surface area contributed by atoms with E-state index in [1.54, 1.807) is 0 Å². The van der Waals surface area contributed by atoms with Gasteiger partial charge in [-0.2, -0.15) is 0 Å². The smallest absolute Gasteiger partial charge is 0.137 e. The number of aliphatic hydroxyl groups is 1. The Morgan fingerprint density at radius 2 is 2.15 bits per heavy atom. The molecule has 0 saturated carbocycles. The molecule has 2 rings (SSSR count). The van der Waals surface area contributed by atoms with Crippen molar-refractivity contribution in [2.24, 2.45) is 5.92 Å². The van der Waals surface area contributed by atoms with Crippen LogP contribution in [0.1, 0.15) is 38.1 Å². The first-order valence-corrected chi connectivity index (χ1v) is 7.66. The number of anilines is 2. The Morgan fingerprint density at radius 3 is 2.80 bits per heavy atom. The normalized spacial score (nSPS) is 18.6. The third kappa shape index (κ3) is 3.20. The second kappa shape index (κ2) is 6.88. The van der Waals surface area contributed by atoms with E-state index >= 15 is 0 Å². The van der Waals surface area contributed by atoms with Gasteiger partial charge >= 0.3 is 0 Å². The number of rotatable bonds is 6. The maximum absolute atomic E-state index is 9.08. The summed E-state index contributed by atoms with van der Waals surface area (Å²) in [6, 6.07) is 0. The van der Waals surface area contributed by atoms with Crippen molar-refractivity contribution in [3.05, 3.63) is 11.4 Å². The van der Waals surface area contributed by atoms with Crippen LogP contribution in [0.4, 0.5) is 11.6 Å². The van der Waals surface area contributed by atoms with Gasteiger partial charge in [0.15, 0.2) is 0 Å². The fraction of sp³-hybridized carbons (Fsp3) is 0.733. The SMILES string of the molecule is CCNc1nc(CC)nc(N2CCC(CCO)C2)c1C. The molecular weight excluding hydrogens is 252 g/mol. The molecule has 0 radical (unpaired) electrons. The van der Waals surface area contributed by atoms with Gasteiger partial charge in [0.2, 0.25) is 0 Å². The van der Waals surface area contributed by atoms with Crippen molar-refractivity contribution in [1.82, 2.24) is 9.97 Å². The van der Waals surface area contributed by atoms with Crippen LogP contribution in [0.5, 0.6) is 0 Å². The first kappa shape index (κ1) is 15.0. The highest BCUT2D eigenvalue weighted by Gasteiger charge is 2.25. The lowest BCUT2D eigenvalue weighted by atomic mass is 10.1. The van der Waals surface area contributed by atoms with Crippen molar-refractivity contribution in [2.45, 2.75) is 40.0 Å². The molecule has 1 unspecified atom stereocenters. The van der Waals surface area contributed by atoms with Gasteiger partial charge in [0, 0.05) is 38.2 Å². The highest BCUT2D eigenvalue weighted by molar-refractivity contribution is 5.59. The molecule has 1 aliphatic heterocycles. The third-order valence-corrected chi connectivity index (χ3v) is 3.95. The summed E-state index contributed by atoms with van der Waals surface area (Å²) in [6.45, 7) is 9.43. The predicted octanol–water partition coefficient (Wildman–Crippen LogP) is 1.99. The Labute approximate surface area is 121 Å². The van der Waals surface area contributed by atoms with Gasteiger partial charge in [0.05, 0.1) is 0 Å². The van der Waals surface area contributed by atoms with E-state index in [9.17, 15) is 0 Å². The highest BCUT2D eigenvalue weighted by atomic mass is 16.3. The van der Waals surface area contributed by atoms with E-state index in [-0.39, 0.29) is 6.61 Å². The molecule has 2 heterocycles. The van der Waals surface area contributed by atoms with Gasteiger partial charge in [-0.05, 0) is 32.6 Å². The van der Waals surface area contributed by atoms with Crippen molar-refractivity contribution in [3.8, 4) is 0 Å². The van der Waals surface area contributed by atoms with Crippen LogP contribution in [0.3, 0.4) is 0 Å². The van der Waals surface area contributed by atoms with Gasteiger partial charge in [0.1, 0.15) is 17.5 Å². The summed E-state index contributed by atoms with van der Waals surface area (Å²) in [5, 5.41) is 12.4. The number of aliphatic hydroxyl groups excluding tert-OH is 1. The number of nitrogens with one attached hydrogen (secondary N) is 1. The maximum atomic E-state index is 9.08. The summed E-state index contributed by atoms with van der Waals surface area (Å²) >= 11 is 0. The highest BCUT2D eigenvalue weighted by Crippen LogP contribution is 2.29. The molecular formula is C15H26N4O. The molecule has 1 fully saturated rings.